The fourth-order valence-corrected chi connectivity index (χ4v) is 2.88. The minimum absolute atomic E-state index is 0.0340. The number of hydrogen-bond acceptors (Lipinski definition) is 4. The molecule has 0 spiro atoms. The third-order valence-electron chi connectivity index (χ3n) is 2.52. The highest BCUT2D eigenvalue weighted by Crippen LogP contribution is 2.18. The molecule has 0 aromatic heterocycles. The van der Waals surface area contributed by atoms with E-state index in [1.807, 2.05) is 0 Å². The molecule has 0 radical (unpaired) electrons. The summed E-state index contributed by atoms with van der Waals surface area (Å²) in [4.78, 5) is 21.3. The van der Waals surface area contributed by atoms with Crippen molar-refractivity contribution in [2.75, 3.05) is 13.1 Å². The molecule has 0 fully saturated rings. The van der Waals surface area contributed by atoms with Crippen LogP contribution in [0.3, 0.4) is 0 Å². The number of urea groups is 1. The third-order valence-corrected chi connectivity index (χ3v) is 4.13. The van der Waals surface area contributed by atoms with Crippen molar-refractivity contribution in [3.8, 4) is 0 Å². The van der Waals surface area contributed by atoms with Gasteiger partial charge in [0.25, 0.3) is 0 Å². The summed E-state index contributed by atoms with van der Waals surface area (Å²) >= 11 is 0. The molecule has 20 heavy (non-hydrogen) atoms. The number of nitrogens with two attached hydrogens (primary N) is 1. The SMILES string of the molecule is Cc1c(C(=O)O)cccc1S(=O)(=O)NCCNC(N)=O. The fraction of sp³-hybridized carbons (Fsp3) is 0.273. The van der Waals surface area contributed by atoms with Gasteiger partial charge in [-0.05, 0) is 24.6 Å². The van der Waals surface area contributed by atoms with Gasteiger partial charge in [-0.25, -0.2) is 22.7 Å². The number of carbonyl (C=O) groups excluding carboxylic acids is 1. The summed E-state index contributed by atoms with van der Waals surface area (Å²) in [5.41, 5.74) is 4.91. The van der Waals surface area contributed by atoms with Crippen molar-refractivity contribution in [2.45, 2.75) is 11.8 Å². The van der Waals surface area contributed by atoms with Crippen LogP contribution >= 0.6 is 0 Å². The average Bonchev–Trinajstić information content (AvgIpc) is 2.34. The monoisotopic (exact) mass is 301 g/mol. The van der Waals surface area contributed by atoms with Crippen LogP contribution in [-0.2, 0) is 10.0 Å². The molecule has 0 aliphatic carbocycles. The van der Waals surface area contributed by atoms with Crippen LogP contribution in [0.1, 0.15) is 15.9 Å². The number of nitrogens with one attached hydrogen (secondary N) is 2. The van der Waals surface area contributed by atoms with Crippen molar-refractivity contribution in [1.29, 1.82) is 0 Å². The number of rotatable bonds is 6. The van der Waals surface area contributed by atoms with Crippen molar-refractivity contribution in [2.24, 2.45) is 5.73 Å². The molecular weight excluding hydrogens is 286 g/mol. The van der Waals surface area contributed by atoms with Gasteiger partial charge in [-0.3, -0.25) is 0 Å². The maximum Gasteiger partial charge on any atom is 0.335 e. The van der Waals surface area contributed by atoms with Crippen molar-refractivity contribution in [1.82, 2.24) is 10.0 Å². The summed E-state index contributed by atoms with van der Waals surface area (Å²) in [6.45, 7) is 1.40. The highest BCUT2D eigenvalue weighted by Gasteiger charge is 2.20. The van der Waals surface area contributed by atoms with E-state index in [0.717, 1.165) is 0 Å². The van der Waals surface area contributed by atoms with E-state index in [4.69, 9.17) is 10.8 Å². The van der Waals surface area contributed by atoms with E-state index in [0.29, 0.717) is 0 Å². The van der Waals surface area contributed by atoms with E-state index >= 15 is 0 Å². The van der Waals surface area contributed by atoms with Gasteiger partial charge in [-0.1, -0.05) is 6.07 Å². The largest absolute Gasteiger partial charge is 0.478 e. The van der Waals surface area contributed by atoms with Gasteiger partial charge in [0.05, 0.1) is 10.5 Å². The molecule has 1 rings (SSSR count). The standard InChI is InChI=1S/C11H15N3O5S/c1-7-8(10(15)16)3-2-4-9(7)20(18,19)14-6-5-13-11(12)17/h2-4,14H,5-6H2,1H3,(H,15,16)(H3,12,13,17). The summed E-state index contributed by atoms with van der Waals surface area (Å²) in [5.74, 6) is -1.20. The normalized spacial score (nSPS) is 11.1. The molecule has 0 atom stereocenters. The second-order valence-electron chi connectivity index (χ2n) is 3.92. The van der Waals surface area contributed by atoms with Gasteiger partial charge in [0.2, 0.25) is 10.0 Å². The Hall–Kier alpha value is -2.13. The average molecular weight is 301 g/mol. The molecule has 0 aliphatic heterocycles. The first-order chi connectivity index (χ1) is 9.25. The summed E-state index contributed by atoms with van der Waals surface area (Å²) in [6, 6.07) is 3.23. The number of aromatic carboxylic acids is 1. The highest BCUT2D eigenvalue weighted by molar-refractivity contribution is 7.89. The Morgan fingerprint density at radius 1 is 1.30 bits per heavy atom. The first kappa shape index (κ1) is 15.9. The molecule has 0 unspecified atom stereocenters. The van der Waals surface area contributed by atoms with Crippen LogP contribution in [0, 0.1) is 6.92 Å². The minimum atomic E-state index is -3.85. The van der Waals surface area contributed by atoms with Crippen LogP contribution in [-0.4, -0.2) is 38.6 Å². The van der Waals surface area contributed by atoms with Gasteiger partial charge in [0.15, 0.2) is 0 Å². The molecule has 110 valence electrons. The lowest BCUT2D eigenvalue weighted by atomic mass is 10.1. The van der Waals surface area contributed by atoms with Crippen LogP contribution < -0.4 is 15.8 Å². The Morgan fingerprint density at radius 2 is 1.95 bits per heavy atom. The molecular formula is C11H15N3O5S. The quantitative estimate of drug-likeness (QED) is 0.531. The predicted molar refractivity (Wildman–Crippen MR) is 70.9 cm³/mol. The predicted octanol–water partition coefficient (Wildman–Crippen LogP) is -0.360. The van der Waals surface area contributed by atoms with E-state index in [2.05, 4.69) is 10.0 Å². The van der Waals surface area contributed by atoms with E-state index < -0.39 is 22.0 Å². The molecule has 2 amide bonds. The first-order valence-corrected chi connectivity index (χ1v) is 7.10. The van der Waals surface area contributed by atoms with Gasteiger partial charge < -0.3 is 16.2 Å². The van der Waals surface area contributed by atoms with Crippen molar-refractivity contribution in [3.05, 3.63) is 29.3 Å². The van der Waals surface area contributed by atoms with Crippen LogP contribution in [0.25, 0.3) is 0 Å². The van der Waals surface area contributed by atoms with Crippen molar-refractivity contribution < 1.29 is 23.1 Å². The van der Waals surface area contributed by atoms with Gasteiger partial charge in [-0.2, -0.15) is 0 Å². The van der Waals surface area contributed by atoms with Crippen LogP contribution in [0.5, 0.6) is 0 Å². The number of carboxylic acid groups (broad SMARTS) is 1. The smallest absolute Gasteiger partial charge is 0.335 e. The molecule has 0 heterocycles. The Morgan fingerprint density at radius 3 is 2.50 bits per heavy atom. The minimum Gasteiger partial charge on any atom is -0.478 e. The summed E-state index contributed by atoms with van der Waals surface area (Å²) in [5, 5.41) is 11.2. The number of sulfonamides is 1. The van der Waals surface area contributed by atoms with Crippen LogP contribution in [0.2, 0.25) is 0 Å². The lowest BCUT2D eigenvalue weighted by Gasteiger charge is -2.11. The molecule has 5 N–H and O–H groups in total. The summed E-state index contributed by atoms with van der Waals surface area (Å²) in [6.07, 6.45) is 0. The van der Waals surface area contributed by atoms with Gasteiger partial charge in [0.1, 0.15) is 0 Å². The molecule has 1 aromatic carbocycles. The van der Waals surface area contributed by atoms with Gasteiger partial charge in [-0.15, -0.1) is 0 Å². The first-order valence-electron chi connectivity index (χ1n) is 5.61. The highest BCUT2D eigenvalue weighted by atomic mass is 32.2. The van der Waals surface area contributed by atoms with Crippen molar-refractivity contribution >= 4 is 22.0 Å². The van der Waals surface area contributed by atoms with Gasteiger partial charge >= 0.3 is 12.0 Å². The third kappa shape index (κ3) is 3.93. The Bertz CT molecular complexity index is 627. The van der Waals surface area contributed by atoms with Crippen LogP contribution in [0.15, 0.2) is 23.1 Å². The fourth-order valence-electron chi connectivity index (χ4n) is 1.59. The van der Waals surface area contributed by atoms with E-state index in [-0.39, 0.29) is 29.1 Å². The number of carbonyl (C=O) groups is 2. The lowest BCUT2D eigenvalue weighted by Crippen LogP contribution is -2.37. The molecule has 1 aromatic rings. The summed E-state index contributed by atoms with van der Waals surface area (Å²) in [7, 11) is -3.85. The molecule has 0 aliphatic rings. The molecule has 0 bridgehead atoms. The Kier molecular flexibility index (Phi) is 5.06. The maximum absolute atomic E-state index is 12.0. The zero-order valence-corrected chi connectivity index (χ0v) is 11.5. The number of amides is 2. The van der Waals surface area contributed by atoms with Crippen LogP contribution in [0.4, 0.5) is 4.79 Å². The Balaban J connectivity index is 2.90. The van der Waals surface area contributed by atoms with E-state index in [1.54, 1.807) is 0 Å². The number of primary amides is 1. The Labute approximate surface area is 116 Å². The molecule has 0 saturated heterocycles. The van der Waals surface area contributed by atoms with Gasteiger partial charge in [0, 0.05) is 13.1 Å². The topological polar surface area (TPSA) is 139 Å². The number of benzene rings is 1. The van der Waals surface area contributed by atoms with Crippen molar-refractivity contribution in [3.63, 3.8) is 0 Å². The van der Waals surface area contributed by atoms with E-state index in [1.165, 1.54) is 25.1 Å². The van der Waals surface area contributed by atoms with E-state index in [9.17, 15) is 18.0 Å². The lowest BCUT2D eigenvalue weighted by molar-refractivity contribution is 0.0695. The maximum atomic E-state index is 12.0. The second-order valence-corrected chi connectivity index (χ2v) is 5.66. The number of carboxylic acids is 1. The molecule has 8 nitrogen and oxygen atoms in total. The number of hydrogen-bond donors (Lipinski definition) is 4. The summed E-state index contributed by atoms with van der Waals surface area (Å²) < 4.78 is 26.3. The zero-order valence-electron chi connectivity index (χ0n) is 10.7. The molecule has 9 heteroatoms. The molecule has 0 saturated carbocycles. The zero-order chi connectivity index (χ0) is 15.3. The second kappa shape index (κ2) is 6.35.